The van der Waals surface area contributed by atoms with E-state index >= 15 is 0 Å². The summed E-state index contributed by atoms with van der Waals surface area (Å²) in [4.78, 5) is 0. The maximum atomic E-state index is 6.14. The minimum absolute atomic E-state index is 0.381. The highest BCUT2D eigenvalue weighted by atomic mass is 127. The number of rotatable bonds is 2. The van der Waals surface area contributed by atoms with Crippen molar-refractivity contribution in [3.05, 3.63) is 11.5 Å². The van der Waals surface area contributed by atoms with E-state index in [1.165, 1.54) is 18.2 Å². The van der Waals surface area contributed by atoms with Gasteiger partial charge in [-0.1, -0.05) is 62.5 Å². The van der Waals surface area contributed by atoms with Crippen LogP contribution >= 0.6 is 22.6 Å². The maximum Gasteiger partial charge on any atom is 0.130 e. The lowest BCUT2D eigenvalue weighted by Crippen LogP contribution is -2.43. The van der Waals surface area contributed by atoms with Crippen molar-refractivity contribution in [2.24, 2.45) is 0 Å². The molecular formula is C12H23IOSi. The summed E-state index contributed by atoms with van der Waals surface area (Å²) in [5.74, 6) is 0. The molecule has 0 bridgehead atoms. The molecule has 1 aliphatic rings. The average molecular weight is 338 g/mol. The zero-order valence-corrected chi connectivity index (χ0v) is 13.7. The Labute approximate surface area is 109 Å². The first-order valence-electron chi connectivity index (χ1n) is 5.72. The lowest BCUT2D eigenvalue weighted by Gasteiger charge is -2.41. The second-order valence-corrected chi connectivity index (χ2v) is 12.0. The van der Waals surface area contributed by atoms with Gasteiger partial charge >= 0.3 is 0 Å². The van der Waals surface area contributed by atoms with Gasteiger partial charge in [-0.15, -0.1) is 0 Å². The highest BCUT2D eigenvalue weighted by Gasteiger charge is 2.41. The van der Waals surface area contributed by atoms with Crippen LogP contribution in [0.2, 0.25) is 18.1 Å². The minimum atomic E-state index is -1.43. The predicted molar refractivity (Wildman–Crippen MR) is 78.3 cm³/mol. The van der Waals surface area contributed by atoms with Crippen LogP contribution in [0, 0.1) is 0 Å². The molecule has 0 saturated carbocycles. The Morgan fingerprint density at radius 1 is 1.47 bits per heavy atom. The third kappa shape index (κ3) is 2.99. The first-order chi connectivity index (χ1) is 6.79. The van der Waals surface area contributed by atoms with E-state index in [-0.39, 0.29) is 0 Å². The Balaban J connectivity index is 2.84. The summed E-state index contributed by atoms with van der Waals surface area (Å²) < 4.78 is 7.26. The van der Waals surface area contributed by atoms with Crippen molar-refractivity contribution in [1.82, 2.24) is 0 Å². The Morgan fingerprint density at radius 3 is 2.53 bits per heavy atom. The van der Waals surface area contributed by atoms with Gasteiger partial charge in [0.15, 0.2) is 0 Å². The fourth-order valence-corrected chi connectivity index (χ4v) is 4.04. The van der Waals surface area contributed by atoms with Crippen molar-refractivity contribution in [2.45, 2.75) is 57.8 Å². The molecule has 1 nitrogen and oxygen atoms in total. The van der Waals surface area contributed by atoms with Gasteiger partial charge in [0.2, 0.25) is 0 Å². The van der Waals surface area contributed by atoms with Crippen LogP contribution in [0.15, 0.2) is 11.5 Å². The largest absolute Gasteiger partial charge is 0.499 e. The molecule has 1 aliphatic heterocycles. The van der Waals surface area contributed by atoms with Crippen molar-refractivity contribution in [3.63, 3.8) is 0 Å². The van der Waals surface area contributed by atoms with Crippen molar-refractivity contribution < 1.29 is 4.74 Å². The van der Waals surface area contributed by atoms with Crippen molar-refractivity contribution in [2.75, 3.05) is 4.43 Å². The molecule has 0 aromatic carbocycles. The number of hydrogen-bond donors (Lipinski definition) is 0. The van der Waals surface area contributed by atoms with E-state index in [1.54, 1.807) is 0 Å². The summed E-state index contributed by atoms with van der Waals surface area (Å²) in [6.45, 7) is 11.9. The monoisotopic (exact) mass is 338 g/mol. The van der Waals surface area contributed by atoms with Crippen LogP contribution in [0.1, 0.15) is 33.6 Å². The van der Waals surface area contributed by atoms with E-state index < -0.39 is 8.07 Å². The molecule has 0 spiro atoms. The van der Waals surface area contributed by atoms with Crippen LogP contribution in [-0.2, 0) is 4.74 Å². The van der Waals surface area contributed by atoms with E-state index in [0.717, 1.165) is 4.43 Å². The Hall–Kier alpha value is 0.487. The molecular weight excluding hydrogens is 315 g/mol. The molecule has 0 N–H and O–H groups in total. The second-order valence-electron chi connectivity index (χ2n) is 5.91. The molecule has 3 heteroatoms. The quantitative estimate of drug-likeness (QED) is 0.408. The number of alkyl halides is 1. The summed E-state index contributed by atoms with van der Waals surface area (Å²) in [5, 5.41) is 1.72. The lowest BCUT2D eigenvalue weighted by atomic mass is 10.2. The van der Waals surface area contributed by atoms with Gasteiger partial charge in [0, 0.05) is 4.43 Å². The van der Waals surface area contributed by atoms with Crippen LogP contribution in [0.4, 0.5) is 0 Å². The Bertz CT molecular complexity index is 253. The summed E-state index contributed by atoms with van der Waals surface area (Å²) in [6, 6.07) is 0. The summed E-state index contributed by atoms with van der Waals surface area (Å²) in [7, 11) is -1.43. The van der Waals surface area contributed by atoms with Crippen molar-refractivity contribution in [1.29, 1.82) is 0 Å². The van der Waals surface area contributed by atoms with Crippen LogP contribution in [0.25, 0.3) is 0 Å². The molecule has 0 aliphatic carbocycles. The fourth-order valence-electron chi connectivity index (χ4n) is 1.57. The smallest absolute Gasteiger partial charge is 0.130 e. The third-order valence-electron chi connectivity index (χ3n) is 3.78. The van der Waals surface area contributed by atoms with E-state index in [0.29, 0.717) is 11.1 Å². The van der Waals surface area contributed by atoms with Crippen LogP contribution in [0.3, 0.4) is 0 Å². The highest BCUT2D eigenvalue weighted by Crippen LogP contribution is 2.42. The minimum Gasteiger partial charge on any atom is -0.499 e. The molecule has 0 radical (unpaired) electrons. The van der Waals surface area contributed by atoms with Gasteiger partial charge in [0.05, 0.1) is 5.38 Å². The highest BCUT2D eigenvalue weighted by molar-refractivity contribution is 14.1. The normalized spacial score (nSPS) is 23.3. The molecule has 88 valence electrons. The topological polar surface area (TPSA) is 9.23 Å². The van der Waals surface area contributed by atoms with Gasteiger partial charge < -0.3 is 4.74 Å². The molecule has 15 heavy (non-hydrogen) atoms. The molecule has 0 saturated heterocycles. The predicted octanol–water partition coefficient (Wildman–Crippen LogP) is 4.53. The number of hydrogen-bond acceptors (Lipinski definition) is 1. The zero-order valence-electron chi connectivity index (χ0n) is 10.6. The molecule has 1 atom stereocenters. The van der Waals surface area contributed by atoms with Crippen LogP contribution < -0.4 is 0 Å². The van der Waals surface area contributed by atoms with Gasteiger partial charge in [0.25, 0.3) is 0 Å². The third-order valence-corrected chi connectivity index (χ3v) is 10.1. The summed E-state index contributed by atoms with van der Waals surface area (Å²) in [6.07, 6.45) is 5.20. The van der Waals surface area contributed by atoms with E-state index in [9.17, 15) is 0 Å². The first-order valence-corrected chi connectivity index (χ1v) is 10.2. The number of allylic oxidation sites excluding steroid dienone is 1. The van der Waals surface area contributed by atoms with Gasteiger partial charge in [-0.3, -0.25) is 0 Å². The molecule has 0 amide bonds. The maximum absolute atomic E-state index is 6.14. The molecule has 0 aromatic rings. The molecule has 1 rings (SSSR count). The van der Waals surface area contributed by atoms with Crippen LogP contribution in [-0.4, -0.2) is 18.6 Å². The van der Waals surface area contributed by atoms with E-state index in [1.807, 2.05) is 0 Å². The molecule has 1 unspecified atom stereocenters. The fraction of sp³-hybridized carbons (Fsp3) is 0.833. The first kappa shape index (κ1) is 13.6. The number of ether oxygens (including phenoxy) is 1. The van der Waals surface area contributed by atoms with Gasteiger partial charge in [-0.25, -0.2) is 0 Å². The Morgan fingerprint density at radius 2 is 2.07 bits per heavy atom. The Kier molecular flexibility index (Phi) is 4.32. The van der Waals surface area contributed by atoms with Crippen LogP contribution in [0.5, 0.6) is 0 Å². The SMILES string of the molecule is CC(C)(C)[Si](C)(C)C1=CCCC(CI)O1. The van der Waals surface area contributed by atoms with Crippen molar-refractivity contribution in [3.8, 4) is 0 Å². The standard InChI is InChI=1S/C12H23IOSi/c1-12(2,3)15(4,5)11-8-6-7-10(9-13)14-11/h8,10H,6-7,9H2,1-5H3. The second kappa shape index (κ2) is 4.78. The van der Waals surface area contributed by atoms with Gasteiger partial charge in [-0.2, -0.15) is 0 Å². The molecule has 1 heterocycles. The van der Waals surface area contributed by atoms with Crippen molar-refractivity contribution >= 4 is 30.7 Å². The number of halogens is 1. The lowest BCUT2D eigenvalue weighted by molar-refractivity contribution is 0.131. The van der Waals surface area contributed by atoms with E-state index in [2.05, 4.69) is 62.5 Å². The van der Waals surface area contributed by atoms with Gasteiger partial charge in [0.1, 0.15) is 14.2 Å². The molecule has 0 fully saturated rings. The summed E-state index contributed by atoms with van der Waals surface area (Å²) >= 11 is 2.43. The summed E-state index contributed by atoms with van der Waals surface area (Å²) in [5.41, 5.74) is 0. The zero-order chi connectivity index (χ0) is 11.7. The van der Waals surface area contributed by atoms with E-state index in [4.69, 9.17) is 4.74 Å². The molecule has 0 aromatic heterocycles. The van der Waals surface area contributed by atoms with Gasteiger partial charge in [-0.05, 0) is 17.9 Å². The average Bonchev–Trinajstić information content (AvgIpc) is 2.16.